The quantitative estimate of drug-likeness (QED) is 0.144. The van der Waals surface area contributed by atoms with Crippen molar-refractivity contribution in [3.8, 4) is 0 Å². The first-order valence-electron chi connectivity index (χ1n) is 26.7. The Hall–Kier alpha value is -4.60. The average molecular weight is 1180 g/mol. The number of benzene rings is 1. The average Bonchev–Trinajstić information content (AvgIpc) is 3.67. The first-order chi connectivity index (χ1) is 37.4. The second-order valence-electron chi connectivity index (χ2n) is 21.0. The second kappa shape index (κ2) is 31.0. The van der Waals surface area contributed by atoms with Gasteiger partial charge in [-0.05, 0) is 57.4 Å². The van der Waals surface area contributed by atoms with Gasteiger partial charge >= 0.3 is 11.9 Å². The Morgan fingerprint density at radius 1 is 0.671 bits per heavy atom. The van der Waals surface area contributed by atoms with Gasteiger partial charge in [0, 0.05) is 42.0 Å². The Balaban J connectivity index is 1.37. The fourth-order valence-corrected chi connectivity index (χ4v) is 10.3. The van der Waals surface area contributed by atoms with Crippen molar-refractivity contribution in [2.45, 2.75) is 189 Å². The monoisotopic (exact) mass is 1170 g/mol. The highest BCUT2D eigenvalue weighted by Crippen LogP contribution is 2.38. The van der Waals surface area contributed by atoms with Crippen molar-refractivity contribution >= 4 is 45.4 Å². The molecule has 0 radical (unpaired) electrons. The van der Waals surface area contributed by atoms with Crippen molar-refractivity contribution in [3.05, 3.63) is 114 Å². The van der Waals surface area contributed by atoms with Gasteiger partial charge in [-0.2, -0.15) is 0 Å². The number of amides is 2. The summed E-state index contributed by atoms with van der Waals surface area (Å²) in [6.45, 7) is 6.68. The van der Waals surface area contributed by atoms with Crippen LogP contribution >= 0.6 is 15.9 Å². The van der Waals surface area contributed by atoms with Gasteiger partial charge in [0.05, 0.1) is 97.8 Å². The number of aliphatic carboxylic acids is 1. The molecule has 0 aromatic heterocycles. The maximum Gasteiger partial charge on any atom is 0.311 e. The molecule has 4 aliphatic heterocycles. The fourth-order valence-electron chi connectivity index (χ4n) is 9.99. The highest BCUT2D eigenvalue weighted by atomic mass is 79.9. The standard InChI is InChI=1S/C57H79BrN2O19/c1-32-17-15-13-11-9-7-5-6-8-10-12-14-16-18-41(78-56-53(71)50(52(70)35(4)77-56)59-42-29-47(67)60(54(42)72)37-21-19-36(58)20-22-37)28-46-49(55(73)74)45(66)31-57(75,79-46)30-40(63)26-44(65)43(64)24-23-38(61)25-39(62)27-48(68)76-34(3)33(2)51(32)69/h5-22,32-35,38-46,49-53,56,59,61-66,69-71,75H,23-31H2,1-4H3,(H,73,74)/b6-5+,9-7+,10-8+,13-11+,14-12+,17-15+,18-16+/t32-,33-,34-,35-,38+,39+,40-,41-,42?,43+,44+,45-,46-,49+,50-,51+,52+,53-,56-,57+/m0/s1. The number of carboxylic acids is 1. The van der Waals surface area contributed by atoms with Crippen molar-refractivity contribution < 1.29 is 94.3 Å². The summed E-state index contributed by atoms with van der Waals surface area (Å²) in [5, 5.41) is 124. The molecule has 0 aliphatic carbocycles. The van der Waals surface area contributed by atoms with E-state index < -0.39 is 171 Å². The number of carbonyl (C=O) groups is 4. The van der Waals surface area contributed by atoms with Gasteiger partial charge in [-0.3, -0.25) is 24.5 Å². The van der Waals surface area contributed by atoms with Gasteiger partial charge in [0.1, 0.15) is 18.1 Å². The zero-order valence-electron chi connectivity index (χ0n) is 44.7. The van der Waals surface area contributed by atoms with Gasteiger partial charge in [-0.25, -0.2) is 4.90 Å². The van der Waals surface area contributed by atoms with Crippen molar-refractivity contribution in [3.63, 3.8) is 0 Å². The summed E-state index contributed by atoms with van der Waals surface area (Å²) in [6, 6.07) is 4.03. The van der Waals surface area contributed by atoms with E-state index in [-0.39, 0.29) is 31.6 Å². The number of imide groups is 1. The third kappa shape index (κ3) is 19.5. The number of nitrogens with one attached hydrogen (secondary N) is 1. The normalized spacial score (nSPS) is 41.5. The van der Waals surface area contributed by atoms with Gasteiger partial charge in [0.15, 0.2) is 12.1 Å². The van der Waals surface area contributed by atoms with E-state index in [2.05, 4.69) is 21.2 Å². The van der Waals surface area contributed by atoms with Crippen LogP contribution in [0.4, 0.5) is 5.69 Å². The zero-order chi connectivity index (χ0) is 58.1. The Bertz CT molecular complexity index is 2360. The zero-order valence-corrected chi connectivity index (χ0v) is 46.3. The molecule has 3 saturated heterocycles. The number of carboxylic acid groups (broad SMARTS) is 1. The summed E-state index contributed by atoms with van der Waals surface area (Å²) in [6.07, 6.45) is 1.15. The lowest BCUT2D eigenvalue weighted by Gasteiger charge is -2.45. The van der Waals surface area contributed by atoms with Gasteiger partial charge in [-0.15, -0.1) is 0 Å². The minimum Gasteiger partial charge on any atom is -0.481 e. The Morgan fingerprint density at radius 2 is 1.27 bits per heavy atom. The van der Waals surface area contributed by atoms with E-state index in [4.69, 9.17) is 18.9 Å². The van der Waals surface area contributed by atoms with Crippen LogP contribution in [0.3, 0.4) is 0 Å². The van der Waals surface area contributed by atoms with Crippen LogP contribution in [0.15, 0.2) is 114 Å². The number of rotatable bonds is 6. The van der Waals surface area contributed by atoms with Gasteiger partial charge < -0.3 is 75.1 Å². The Labute approximate surface area is 468 Å². The van der Waals surface area contributed by atoms with Crippen LogP contribution in [-0.4, -0.2) is 183 Å². The highest BCUT2D eigenvalue weighted by Gasteiger charge is 2.52. The summed E-state index contributed by atoms with van der Waals surface area (Å²) in [4.78, 5) is 53.2. The first-order valence-corrected chi connectivity index (χ1v) is 27.5. The molecule has 438 valence electrons. The molecule has 22 heteroatoms. The lowest BCUT2D eigenvalue weighted by molar-refractivity contribution is -0.309. The molecule has 21 nitrogen and oxygen atoms in total. The molecule has 2 amide bonds. The van der Waals surface area contributed by atoms with Crippen LogP contribution in [0.1, 0.15) is 85.5 Å². The first kappa shape index (κ1) is 65.2. The molecule has 20 atom stereocenters. The summed E-state index contributed by atoms with van der Waals surface area (Å²) in [5.74, 6) is -8.25. The molecule has 2 bridgehead atoms. The topological polar surface area (TPSA) is 343 Å². The number of hydrogen-bond acceptors (Lipinski definition) is 19. The van der Waals surface area contributed by atoms with Crippen molar-refractivity contribution in [2.75, 3.05) is 4.90 Å². The molecule has 79 heavy (non-hydrogen) atoms. The van der Waals surface area contributed by atoms with Crippen molar-refractivity contribution in [2.24, 2.45) is 17.8 Å². The van der Waals surface area contributed by atoms with E-state index in [0.29, 0.717) is 5.69 Å². The van der Waals surface area contributed by atoms with E-state index in [1.54, 1.807) is 111 Å². The molecule has 0 saturated carbocycles. The maximum absolute atomic E-state index is 13.6. The SMILES string of the molecule is C[C@@H]1[C@H](O)[C@@H](C)/C=C/C=C/C=C/C=C/C=C/C=C/C=C/[C@H](O[C@@H]2O[C@@H](C)[C@@H](O)[C@H](NC3CC(=O)N(c4ccc(Br)cc4)C3=O)[C@@H]2O)C[C@@H]2O[C@](O)(C[C@@H](O)C[C@@H](O)[C@H](O)CC[C@@H](O)C[C@@H](O)CC(=O)O[C@H]1C)C[C@H](O)[C@H]2C(=O)O. The van der Waals surface area contributed by atoms with Gasteiger partial charge in [0.25, 0.3) is 5.91 Å². The molecule has 4 heterocycles. The van der Waals surface area contributed by atoms with E-state index in [9.17, 15) is 75.3 Å². The number of cyclic esters (lactones) is 1. The number of fused-ring (bicyclic) bond motifs is 2. The number of nitrogens with zero attached hydrogens (tertiary/aromatic N) is 1. The second-order valence-corrected chi connectivity index (χ2v) is 21.9. The predicted octanol–water partition coefficient (Wildman–Crippen LogP) is 2.44. The maximum atomic E-state index is 13.6. The van der Waals surface area contributed by atoms with E-state index in [0.717, 1.165) is 9.37 Å². The van der Waals surface area contributed by atoms with E-state index in [1.165, 1.54) is 13.0 Å². The Kier molecular flexibility index (Phi) is 25.6. The molecule has 0 spiro atoms. The van der Waals surface area contributed by atoms with Crippen LogP contribution in [0.2, 0.25) is 0 Å². The number of carbonyl (C=O) groups excluding carboxylic acids is 3. The minimum atomic E-state index is -2.41. The number of esters is 1. The number of aliphatic hydroxyl groups is 10. The molecular weight excluding hydrogens is 1100 g/mol. The fraction of sp³-hybridized carbons (Fsp3) is 0.579. The summed E-state index contributed by atoms with van der Waals surface area (Å²) in [7, 11) is 0. The van der Waals surface area contributed by atoms with E-state index in [1.807, 2.05) is 13.0 Å². The van der Waals surface area contributed by atoms with Gasteiger partial charge in [-0.1, -0.05) is 115 Å². The number of aliphatic hydroxyl groups excluding tert-OH is 9. The van der Waals surface area contributed by atoms with Gasteiger partial charge in [0.2, 0.25) is 5.91 Å². The molecule has 5 rings (SSSR count). The third-order valence-corrected chi connectivity index (χ3v) is 15.1. The van der Waals surface area contributed by atoms with E-state index >= 15 is 0 Å². The number of hydrogen-bond donors (Lipinski definition) is 12. The molecule has 1 aromatic rings. The van der Waals surface area contributed by atoms with Crippen LogP contribution in [0.25, 0.3) is 0 Å². The molecule has 3 fully saturated rings. The molecule has 1 aromatic carbocycles. The summed E-state index contributed by atoms with van der Waals surface area (Å²) >= 11 is 3.33. The Morgan fingerprint density at radius 3 is 1.87 bits per heavy atom. The lowest BCUT2D eigenvalue weighted by atomic mass is 9.82. The molecular formula is C57H79BrN2O19. The molecule has 4 aliphatic rings. The van der Waals surface area contributed by atoms with Crippen molar-refractivity contribution in [1.82, 2.24) is 5.32 Å². The summed E-state index contributed by atoms with van der Waals surface area (Å²) in [5.41, 5.74) is 0.321. The number of halogens is 1. The molecule has 1 unspecified atom stereocenters. The minimum absolute atomic E-state index is 0.136. The van der Waals surface area contributed by atoms with Crippen molar-refractivity contribution in [1.29, 1.82) is 0 Å². The number of anilines is 1. The van der Waals surface area contributed by atoms with Crippen LogP contribution in [-0.2, 0) is 38.1 Å². The van der Waals surface area contributed by atoms with Crippen LogP contribution in [0, 0.1) is 17.8 Å². The van der Waals surface area contributed by atoms with Crippen LogP contribution in [0.5, 0.6) is 0 Å². The highest BCUT2D eigenvalue weighted by molar-refractivity contribution is 9.10. The van der Waals surface area contributed by atoms with Crippen LogP contribution < -0.4 is 10.2 Å². The number of allylic oxidation sites excluding steroid dienone is 12. The smallest absolute Gasteiger partial charge is 0.311 e. The number of ether oxygens (including phenoxy) is 4. The lowest BCUT2D eigenvalue weighted by Crippen LogP contribution is -2.65. The third-order valence-electron chi connectivity index (χ3n) is 14.6. The largest absolute Gasteiger partial charge is 0.481 e. The molecule has 12 N–H and O–H groups in total. The summed E-state index contributed by atoms with van der Waals surface area (Å²) < 4.78 is 24.5. The predicted molar refractivity (Wildman–Crippen MR) is 291 cm³/mol.